The Morgan fingerprint density at radius 2 is 1.91 bits per heavy atom. The number of thiazole rings is 1. The lowest BCUT2D eigenvalue weighted by molar-refractivity contribution is -0.680. The highest BCUT2D eigenvalue weighted by atomic mass is 32.2. The lowest BCUT2D eigenvalue weighted by Gasteiger charge is -2.06. The molecule has 0 spiro atoms. The van der Waals surface area contributed by atoms with Gasteiger partial charge in [-0.25, -0.2) is 8.42 Å². The molecule has 3 aromatic rings. The van der Waals surface area contributed by atoms with Gasteiger partial charge in [0.2, 0.25) is 5.52 Å². The topological polar surface area (TPSA) is 102 Å². The summed E-state index contributed by atoms with van der Waals surface area (Å²) in [5.41, 5.74) is 0.819. The van der Waals surface area contributed by atoms with E-state index >= 15 is 0 Å². The van der Waals surface area contributed by atoms with Crippen LogP contribution >= 0.6 is 11.3 Å². The van der Waals surface area contributed by atoms with Crippen LogP contribution in [0.15, 0.2) is 36.4 Å². The summed E-state index contributed by atoms with van der Waals surface area (Å²) in [6, 6.07) is 11.5. The number of aromatic nitrogens is 1. The molecule has 0 unspecified atom stereocenters. The van der Waals surface area contributed by atoms with E-state index in [9.17, 15) is 23.2 Å². The average Bonchev–Trinajstić information content (AvgIpc) is 2.85. The van der Waals surface area contributed by atoms with Crippen LogP contribution in [0.25, 0.3) is 21.0 Å². The number of benzene rings is 2. The Morgan fingerprint density at radius 1 is 1.17 bits per heavy atom. The summed E-state index contributed by atoms with van der Waals surface area (Å²) in [5, 5.41) is 21.5. The van der Waals surface area contributed by atoms with E-state index in [-0.39, 0.29) is 13.0 Å². The van der Waals surface area contributed by atoms with Crippen molar-refractivity contribution in [3.05, 3.63) is 41.4 Å². The lowest BCUT2D eigenvalue weighted by Crippen LogP contribution is -2.38. The SMILES string of the molecule is O=S(=O)([O-])CCC[n+]1c(C(O)O)sc2ccc3ccccc3c21. The smallest absolute Gasteiger partial charge is 0.295 e. The number of hydrogen-bond acceptors (Lipinski definition) is 6. The third kappa shape index (κ3) is 3.36. The van der Waals surface area contributed by atoms with Gasteiger partial charge in [-0.1, -0.05) is 35.6 Å². The van der Waals surface area contributed by atoms with Crippen LogP contribution in [0.2, 0.25) is 0 Å². The first-order valence-corrected chi connectivity index (χ1v) is 9.40. The maximum Gasteiger partial charge on any atom is 0.295 e. The Balaban J connectivity index is 2.15. The molecule has 0 bridgehead atoms. The predicted molar refractivity (Wildman–Crippen MR) is 85.9 cm³/mol. The summed E-state index contributed by atoms with van der Waals surface area (Å²) in [4.78, 5) is 0. The predicted octanol–water partition coefficient (Wildman–Crippen LogP) is 1.26. The van der Waals surface area contributed by atoms with E-state index in [4.69, 9.17) is 0 Å². The molecule has 0 amide bonds. The van der Waals surface area contributed by atoms with Gasteiger partial charge in [0.1, 0.15) is 4.70 Å². The fourth-order valence-electron chi connectivity index (χ4n) is 2.69. The first kappa shape index (κ1) is 16.3. The molecule has 122 valence electrons. The number of fused-ring (bicyclic) bond motifs is 3. The summed E-state index contributed by atoms with van der Waals surface area (Å²) in [6.07, 6.45) is -1.54. The number of nitrogens with zero attached hydrogens (tertiary/aromatic N) is 1. The number of hydrogen-bond donors (Lipinski definition) is 2. The van der Waals surface area contributed by atoms with Gasteiger partial charge in [-0.3, -0.25) is 0 Å². The van der Waals surface area contributed by atoms with Gasteiger partial charge in [0, 0.05) is 12.2 Å². The maximum atomic E-state index is 10.8. The van der Waals surface area contributed by atoms with Crippen molar-refractivity contribution < 1.29 is 27.8 Å². The van der Waals surface area contributed by atoms with Crippen LogP contribution in [0.3, 0.4) is 0 Å². The monoisotopic (exact) mass is 353 g/mol. The van der Waals surface area contributed by atoms with Crippen molar-refractivity contribution in [1.82, 2.24) is 0 Å². The molecule has 0 fully saturated rings. The normalized spacial score (nSPS) is 12.5. The third-order valence-electron chi connectivity index (χ3n) is 3.61. The largest absolute Gasteiger partial charge is 0.748 e. The van der Waals surface area contributed by atoms with Crippen molar-refractivity contribution in [2.24, 2.45) is 0 Å². The molecule has 6 nitrogen and oxygen atoms in total. The Labute approximate surface area is 137 Å². The zero-order valence-corrected chi connectivity index (χ0v) is 13.7. The minimum absolute atomic E-state index is 0.116. The zero-order chi connectivity index (χ0) is 16.6. The quantitative estimate of drug-likeness (QED) is 0.408. The number of aliphatic hydroxyl groups excluding tert-OH is 1. The first-order chi connectivity index (χ1) is 10.9. The minimum atomic E-state index is -4.29. The molecule has 0 aliphatic carbocycles. The molecule has 1 aromatic heterocycles. The average molecular weight is 353 g/mol. The van der Waals surface area contributed by atoms with E-state index in [0.717, 1.165) is 21.0 Å². The van der Waals surface area contributed by atoms with E-state index in [1.807, 2.05) is 36.4 Å². The highest BCUT2D eigenvalue weighted by molar-refractivity contribution is 7.85. The summed E-state index contributed by atoms with van der Waals surface area (Å²) >= 11 is 1.24. The molecular formula is C15H15NO5S2. The molecule has 3 rings (SSSR count). The molecule has 0 atom stereocenters. The molecule has 0 aliphatic rings. The van der Waals surface area contributed by atoms with E-state index in [0.29, 0.717) is 5.01 Å². The first-order valence-electron chi connectivity index (χ1n) is 7.00. The molecule has 0 saturated carbocycles. The molecule has 1 heterocycles. The van der Waals surface area contributed by atoms with Gasteiger partial charge in [0.25, 0.3) is 11.3 Å². The fraction of sp³-hybridized carbons (Fsp3) is 0.267. The lowest BCUT2D eigenvalue weighted by atomic mass is 10.1. The van der Waals surface area contributed by atoms with Gasteiger partial charge in [0.05, 0.1) is 15.5 Å². The Morgan fingerprint density at radius 3 is 2.61 bits per heavy atom. The molecule has 0 aliphatic heterocycles. The summed E-state index contributed by atoms with van der Waals surface area (Å²) < 4.78 is 34.9. The highest BCUT2D eigenvalue weighted by Crippen LogP contribution is 2.30. The molecule has 8 heteroatoms. The molecule has 23 heavy (non-hydrogen) atoms. The van der Waals surface area contributed by atoms with Crippen molar-refractivity contribution in [1.29, 1.82) is 0 Å². The van der Waals surface area contributed by atoms with Crippen LogP contribution in [-0.4, -0.2) is 28.9 Å². The van der Waals surface area contributed by atoms with Crippen molar-refractivity contribution in [3.63, 3.8) is 0 Å². The van der Waals surface area contributed by atoms with Crippen molar-refractivity contribution in [2.75, 3.05) is 5.75 Å². The Hall–Kier alpha value is -1.58. The second-order valence-corrected chi connectivity index (χ2v) is 7.80. The number of rotatable bonds is 5. The molecule has 0 saturated heterocycles. The van der Waals surface area contributed by atoms with E-state index < -0.39 is 22.2 Å². The summed E-state index contributed by atoms with van der Waals surface area (Å²) in [6.45, 7) is 0.225. The molecular weight excluding hydrogens is 338 g/mol. The van der Waals surface area contributed by atoms with Gasteiger partial charge >= 0.3 is 0 Å². The van der Waals surface area contributed by atoms with Gasteiger partial charge < -0.3 is 14.8 Å². The van der Waals surface area contributed by atoms with Crippen molar-refractivity contribution in [3.8, 4) is 0 Å². The molecule has 0 radical (unpaired) electrons. The van der Waals surface area contributed by atoms with Crippen molar-refractivity contribution in [2.45, 2.75) is 19.3 Å². The molecule has 2 N–H and O–H groups in total. The van der Waals surface area contributed by atoms with Crippen LogP contribution in [0, 0.1) is 0 Å². The van der Waals surface area contributed by atoms with Crippen molar-refractivity contribution >= 4 is 42.4 Å². The highest BCUT2D eigenvalue weighted by Gasteiger charge is 2.26. The van der Waals surface area contributed by atoms with Gasteiger partial charge in [-0.15, -0.1) is 0 Å². The van der Waals surface area contributed by atoms with Crippen LogP contribution in [0.4, 0.5) is 0 Å². The van der Waals surface area contributed by atoms with Gasteiger partial charge in [-0.2, -0.15) is 4.57 Å². The summed E-state index contributed by atoms with van der Waals surface area (Å²) in [5.74, 6) is -0.483. The zero-order valence-electron chi connectivity index (χ0n) is 12.0. The van der Waals surface area contributed by atoms with Crippen LogP contribution in [0.5, 0.6) is 0 Å². The Bertz CT molecular complexity index is 963. The standard InChI is InChI=1S/C15H15NO5S2/c17-15(18)14-16(8-3-9-23(19,20)21)13-11-5-2-1-4-10(11)6-7-12(13)22-14/h1-2,4-7,15,17-18H,3,8-9H2. The van der Waals surface area contributed by atoms with E-state index in [1.54, 1.807) is 4.57 Å². The Kier molecular flexibility index (Phi) is 4.35. The second kappa shape index (κ2) is 6.14. The summed E-state index contributed by atoms with van der Waals surface area (Å²) in [7, 11) is -4.29. The van der Waals surface area contributed by atoms with Crippen LogP contribution < -0.4 is 4.57 Å². The van der Waals surface area contributed by atoms with E-state index in [1.165, 1.54) is 11.3 Å². The third-order valence-corrected chi connectivity index (χ3v) is 5.59. The van der Waals surface area contributed by atoms with Crippen LogP contribution in [0.1, 0.15) is 17.7 Å². The maximum absolute atomic E-state index is 10.8. The van der Waals surface area contributed by atoms with E-state index in [2.05, 4.69) is 0 Å². The second-order valence-electron chi connectivity index (χ2n) is 5.21. The van der Waals surface area contributed by atoms with Crippen LogP contribution in [-0.2, 0) is 16.7 Å². The van der Waals surface area contributed by atoms with Gasteiger partial charge in [0.15, 0.2) is 6.54 Å². The fourth-order valence-corrected chi connectivity index (χ4v) is 4.25. The van der Waals surface area contributed by atoms with Gasteiger partial charge in [-0.05, 0) is 17.5 Å². The number of aliphatic hydroxyl groups is 2. The minimum Gasteiger partial charge on any atom is -0.748 e. The number of aryl methyl sites for hydroxylation is 1. The molecule has 2 aromatic carbocycles.